The summed E-state index contributed by atoms with van der Waals surface area (Å²) >= 11 is 0. The number of fused-ring (bicyclic) bond motifs is 4. The number of hydrogen-bond acceptors (Lipinski definition) is 8. The molecule has 2 N–H and O–H groups in total. The van der Waals surface area contributed by atoms with Crippen molar-refractivity contribution in [1.82, 2.24) is 29.0 Å². The summed E-state index contributed by atoms with van der Waals surface area (Å²) in [4.78, 5) is 32.4. The number of ether oxygens (including phenoxy) is 1. The molecule has 11 heteroatoms. The Morgan fingerprint density at radius 1 is 1.00 bits per heavy atom. The van der Waals surface area contributed by atoms with Crippen LogP contribution in [0.1, 0.15) is 41.7 Å². The van der Waals surface area contributed by atoms with Gasteiger partial charge < -0.3 is 29.4 Å². The van der Waals surface area contributed by atoms with Crippen LogP contribution in [-0.2, 0) is 13.1 Å². The van der Waals surface area contributed by atoms with Gasteiger partial charge in [0.2, 0.25) is 0 Å². The molecule has 3 atom stereocenters. The van der Waals surface area contributed by atoms with E-state index in [4.69, 9.17) is 20.4 Å². The zero-order valence-electron chi connectivity index (χ0n) is 26.4. The Morgan fingerprint density at radius 2 is 1.85 bits per heavy atom. The molecule has 4 aliphatic rings. The maximum Gasteiger partial charge on any atom is 0.254 e. The van der Waals surface area contributed by atoms with Crippen molar-refractivity contribution in [2.45, 2.75) is 50.9 Å². The molecule has 6 heterocycles. The average molecular weight is 628 g/mol. The standard InChI is InChI=1S/C36H37N9O2/c1-47-31-13-25(36(46)44-20-24-6-7-29(44)32(24)38)11-28-33(31)45(19-22-16-42(17-22)27-8-10-39-26(14-27)15-37)35(41-28)30-12-23-3-2-9-40-34(23)43(30)18-21-4-5-21/h2-3,8-14,21-22,24,29,32H,4-7,16-20,38H2,1H3/t24?,29?,32-/m1/s1. The van der Waals surface area contributed by atoms with Crippen LogP contribution < -0.4 is 15.4 Å². The van der Waals surface area contributed by atoms with E-state index in [9.17, 15) is 10.1 Å². The van der Waals surface area contributed by atoms with Crippen molar-refractivity contribution in [3.63, 3.8) is 0 Å². The molecule has 2 unspecified atom stereocenters. The summed E-state index contributed by atoms with van der Waals surface area (Å²) in [5.74, 6) is 2.87. The number of hydrogen-bond donors (Lipinski definition) is 1. The fourth-order valence-electron chi connectivity index (χ4n) is 8.18. The van der Waals surface area contributed by atoms with Gasteiger partial charge in [-0.15, -0.1) is 0 Å². The summed E-state index contributed by atoms with van der Waals surface area (Å²) in [5, 5.41) is 10.4. The third kappa shape index (κ3) is 4.65. The Hall–Kier alpha value is -4.95. The Morgan fingerprint density at radius 3 is 2.60 bits per heavy atom. The van der Waals surface area contributed by atoms with Crippen molar-refractivity contribution < 1.29 is 9.53 Å². The molecule has 11 nitrogen and oxygen atoms in total. The first kappa shape index (κ1) is 28.3. The van der Waals surface area contributed by atoms with Crippen LogP contribution >= 0.6 is 0 Å². The van der Waals surface area contributed by atoms with Crippen LogP contribution in [0, 0.1) is 29.1 Å². The van der Waals surface area contributed by atoms with Gasteiger partial charge in [0.15, 0.2) is 5.82 Å². The number of pyridine rings is 2. The van der Waals surface area contributed by atoms with Crippen LogP contribution in [-0.4, -0.2) is 73.7 Å². The molecule has 2 saturated carbocycles. The number of likely N-dealkylation sites (tertiary alicyclic amines) is 1. The number of anilines is 1. The molecule has 2 bridgehead atoms. The average Bonchev–Trinajstić information content (AvgIpc) is 3.44. The number of rotatable bonds is 8. The third-order valence-corrected chi connectivity index (χ3v) is 10.8. The number of carbonyl (C=O) groups excluding carboxylic acids is 1. The molecular weight excluding hydrogens is 590 g/mol. The van der Waals surface area contributed by atoms with Gasteiger partial charge >= 0.3 is 0 Å². The maximum atomic E-state index is 13.9. The molecular formula is C36H37N9O2. The normalized spacial score (nSPS) is 22.3. The van der Waals surface area contributed by atoms with Crippen LogP contribution in [0.15, 0.2) is 54.9 Å². The quantitative estimate of drug-likeness (QED) is 0.267. The number of carbonyl (C=O) groups is 1. The van der Waals surface area contributed by atoms with Gasteiger partial charge in [-0.2, -0.15) is 5.26 Å². The summed E-state index contributed by atoms with van der Waals surface area (Å²) < 4.78 is 10.7. The predicted molar refractivity (Wildman–Crippen MR) is 178 cm³/mol. The summed E-state index contributed by atoms with van der Waals surface area (Å²) in [6.45, 7) is 4.03. The van der Waals surface area contributed by atoms with Gasteiger partial charge in [-0.05, 0) is 80.0 Å². The summed E-state index contributed by atoms with van der Waals surface area (Å²) in [7, 11) is 1.67. The monoisotopic (exact) mass is 627 g/mol. The summed E-state index contributed by atoms with van der Waals surface area (Å²) in [6, 6.07) is 16.2. The number of aromatic nitrogens is 5. The molecule has 47 heavy (non-hydrogen) atoms. The van der Waals surface area contributed by atoms with E-state index in [2.05, 4.69) is 37.2 Å². The van der Waals surface area contributed by atoms with Gasteiger partial charge in [-0.1, -0.05) is 0 Å². The number of imidazole rings is 1. The van der Waals surface area contributed by atoms with Crippen molar-refractivity contribution >= 4 is 33.7 Å². The lowest BCUT2D eigenvalue weighted by Crippen LogP contribution is -2.48. The van der Waals surface area contributed by atoms with Gasteiger partial charge in [0.05, 0.1) is 18.3 Å². The number of nitrogens with two attached hydrogens (primary N) is 1. The first-order chi connectivity index (χ1) is 23.0. The Bertz CT molecular complexity index is 2080. The predicted octanol–water partition coefficient (Wildman–Crippen LogP) is 4.44. The number of nitrogens with zero attached hydrogens (tertiary/aromatic N) is 8. The number of piperidine rings is 1. The number of amides is 1. The van der Waals surface area contributed by atoms with Gasteiger partial charge in [0.25, 0.3) is 5.91 Å². The molecule has 4 aromatic heterocycles. The molecule has 0 spiro atoms. The van der Waals surface area contributed by atoms with Gasteiger partial charge in [-0.3, -0.25) is 4.79 Å². The smallest absolute Gasteiger partial charge is 0.254 e. The van der Waals surface area contributed by atoms with Crippen LogP contribution in [0.4, 0.5) is 5.69 Å². The van der Waals surface area contributed by atoms with E-state index in [1.165, 1.54) is 12.8 Å². The fraction of sp³-hybridized carbons (Fsp3) is 0.417. The van der Waals surface area contributed by atoms with Crippen LogP contribution in [0.5, 0.6) is 5.75 Å². The zero-order chi connectivity index (χ0) is 31.8. The van der Waals surface area contributed by atoms with Gasteiger partial charge in [-0.25, -0.2) is 15.0 Å². The second-order valence-corrected chi connectivity index (χ2v) is 13.8. The summed E-state index contributed by atoms with van der Waals surface area (Å²) in [6.07, 6.45) is 8.06. The highest BCUT2D eigenvalue weighted by molar-refractivity contribution is 6.00. The zero-order valence-corrected chi connectivity index (χ0v) is 26.4. The SMILES string of the molecule is COc1cc(C(=O)N2CC3CCC2[C@@H]3N)cc2nc(-c3cc4cccnc4n3CC3CC3)n(CC3CN(c4ccnc(C#N)c4)C3)c12. The van der Waals surface area contributed by atoms with Crippen LogP contribution in [0.25, 0.3) is 33.6 Å². The lowest BCUT2D eigenvalue weighted by Gasteiger charge is -2.41. The molecule has 5 aromatic rings. The molecule has 0 radical (unpaired) electrons. The van der Waals surface area contributed by atoms with Gasteiger partial charge in [0.1, 0.15) is 28.7 Å². The van der Waals surface area contributed by atoms with E-state index < -0.39 is 0 Å². The summed E-state index contributed by atoms with van der Waals surface area (Å²) in [5.41, 5.74) is 12.1. The first-order valence-corrected chi connectivity index (χ1v) is 16.7. The lowest BCUT2D eigenvalue weighted by molar-refractivity contribution is 0.0700. The molecule has 9 rings (SSSR count). The highest BCUT2D eigenvalue weighted by Gasteiger charge is 2.47. The van der Waals surface area contributed by atoms with Crippen LogP contribution in [0.2, 0.25) is 0 Å². The van der Waals surface area contributed by atoms with Crippen molar-refractivity contribution in [2.24, 2.45) is 23.5 Å². The van der Waals surface area contributed by atoms with Crippen LogP contribution in [0.3, 0.4) is 0 Å². The topological polar surface area (TPSA) is 131 Å². The van der Waals surface area contributed by atoms with E-state index in [0.717, 1.165) is 78.3 Å². The Kier molecular flexibility index (Phi) is 6.51. The number of nitriles is 1. The van der Waals surface area contributed by atoms with Crippen molar-refractivity contribution in [3.8, 4) is 23.3 Å². The minimum absolute atomic E-state index is 0.000258. The highest BCUT2D eigenvalue weighted by atomic mass is 16.5. The lowest BCUT2D eigenvalue weighted by atomic mass is 9.98. The van der Waals surface area contributed by atoms with E-state index in [1.807, 2.05) is 41.4 Å². The fourth-order valence-corrected chi connectivity index (χ4v) is 8.18. The molecule has 2 aliphatic heterocycles. The van der Waals surface area contributed by atoms with E-state index in [0.29, 0.717) is 41.3 Å². The van der Waals surface area contributed by atoms with Crippen molar-refractivity contribution in [2.75, 3.05) is 31.6 Å². The third-order valence-electron chi connectivity index (χ3n) is 10.8. The Balaban J connectivity index is 1.14. The van der Waals surface area contributed by atoms with E-state index >= 15 is 0 Å². The highest BCUT2D eigenvalue weighted by Crippen LogP contribution is 2.41. The van der Waals surface area contributed by atoms with Gasteiger partial charge in [0, 0.05) is 79.8 Å². The second-order valence-electron chi connectivity index (χ2n) is 13.8. The molecule has 2 aliphatic carbocycles. The molecule has 1 aromatic carbocycles. The number of benzene rings is 1. The molecule has 2 saturated heterocycles. The molecule has 4 fully saturated rings. The maximum absolute atomic E-state index is 13.9. The van der Waals surface area contributed by atoms with Crippen molar-refractivity contribution in [1.29, 1.82) is 5.26 Å². The van der Waals surface area contributed by atoms with E-state index in [-0.39, 0.29) is 18.0 Å². The second kappa shape index (κ2) is 10.8. The minimum atomic E-state index is -0.000258. The minimum Gasteiger partial charge on any atom is -0.494 e. The molecule has 238 valence electrons. The Labute approximate surface area is 272 Å². The number of methoxy groups -OCH3 is 1. The van der Waals surface area contributed by atoms with E-state index in [1.54, 1.807) is 13.3 Å². The molecule has 1 amide bonds. The largest absolute Gasteiger partial charge is 0.494 e. The van der Waals surface area contributed by atoms with Crippen molar-refractivity contribution in [3.05, 3.63) is 66.1 Å². The first-order valence-electron chi connectivity index (χ1n) is 16.7.